The van der Waals surface area contributed by atoms with Gasteiger partial charge in [0.1, 0.15) is 10.1 Å². The van der Waals surface area contributed by atoms with Gasteiger partial charge in [-0.3, -0.25) is 10.1 Å². The average molecular weight is 459 g/mol. The first-order valence-electron chi connectivity index (χ1n) is 7.97. The number of halogens is 3. The third-order valence-corrected chi connectivity index (χ3v) is 5.86. The first-order chi connectivity index (χ1) is 13.6. The van der Waals surface area contributed by atoms with E-state index in [1.54, 1.807) is 0 Å². The van der Waals surface area contributed by atoms with Crippen molar-refractivity contribution in [3.8, 4) is 5.75 Å². The number of nitrogens with zero attached hydrogens (tertiary/aromatic N) is 1. The van der Waals surface area contributed by atoms with E-state index in [0.29, 0.717) is 9.90 Å². The maximum atomic E-state index is 13.5. The Morgan fingerprint density at radius 1 is 1.17 bits per heavy atom. The molecule has 0 aliphatic carbocycles. The highest BCUT2D eigenvalue weighted by Gasteiger charge is 2.25. The first kappa shape index (κ1) is 21.2. The predicted octanol–water partition coefficient (Wildman–Crippen LogP) is 4.24. The van der Waals surface area contributed by atoms with Crippen LogP contribution in [0.2, 0.25) is 4.34 Å². The molecule has 1 amide bonds. The molecule has 152 valence electrons. The predicted molar refractivity (Wildman–Crippen MR) is 105 cm³/mol. The number of nitrogens with one attached hydrogen (secondary N) is 1. The molecule has 1 atom stereocenters. The van der Waals surface area contributed by atoms with Gasteiger partial charge in [0.15, 0.2) is 26.6 Å². The van der Waals surface area contributed by atoms with Gasteiger partial charge in [-0.05, 0) is 24.3 Å². The van der Waals surface area contributed by atoms with Gasteiger partial charge in [0.2, 0.25) is 6.10 Å². The van der Waals surface area contributed by atoms with Crippen LogP contribution < -0.4 is 10.1 Å². The van der Waals surface area contributed by atoms with Gasteiger partial charge in [0.25, 0.3) is 5.91 Å². The lowest BCUT2D eigenvalue weighted by molar-refractivity contribution is -0.123. The van der Waals surface area contributed by atoms with E-state index < -0.39 is 33.5 Å². The van der Waals surface area contributed by atoms with Crippen LogP contribution in [0, 0.1) is 11.6 Å². The first-order valence-corrected chi connectivity index (χ1v) is 11.1. The SMILES string of the molecule is CS(=O)(=O)c1ccc(C(Oc2ccc(F)c(F)c2)C(=O)Nc2ncc(Cl)s2)cc1. The molecule has 2 aromatic carbocycles. The summed E-state index contributed by atoms with van der Waals surface area (Å²) in [5.41, 5.74) is 0.294. The van der Waals surface area contributed by atoms with Crippen LogP contribution in [0.25, 0.3) is 0 Å². The van der Waals surface area contributed by atoms with Crippen molar-refractivity contribution in [3.05, 3.63) is 70.2 Å². The summed E-state index contributed by atoms with van der Waals surface area (Å²) in [6, 6.07) is 8.28. The van der Waals surface area contributed by atoms with E-state index in [0.717, 1.165) is 29.7 Å². The summed E-state index contributed by atoms with van der Waals surface area (Å²) in [6.07, 6.45) is 1.11. The number of aromatic nitrogens is 1. The second kappa shape index (κ2) is 8.44. The van der Waals surface area contributed by atoms with Crippen molar-refractivity contribution < 1.29 is 26.7 Å². The molecule has 0 bridgehead atoms. The molecule has 3 rings (SSSR count). The van der Waals surface area contributed by atoms with Crippen LogP contribution >= 0.6 is 22.9 Å². The molecular weight excluding hydrogens is 446 g/mol. The number of hydrogen-bond acceptors (Lipinski definition) is 6. The Morgan fingerprint density at radius 3 is 2.41 bits per heavy atom. The van der Waals surface area contributed by atoms with Crippen molar-refractivity contribution in [1.29, 1.82) is 0 Å². The summed E-state index contributed by atoms with van der Waals surface area (Å²) in [5, 5.41) is 2.74. The molecule has 11 heteroatoms. The molecule has 29 heavy (non-hydrogen) atoms. The maximum Gasteiger partial charge on any atom is 0.271 e. The smallest absolute Gasteiger partial charge is 0.271 e. The summed E-state index contributed by atoms with van der Waals surface area (Å²) < 4.78 is 55.9. The Morgan fingerprint density at radius 2 is 1.86 bits per heavy atom. The van der Waals surface area contributed by atoms with Gasteiger partial charge >= 0.3 is 0 Å². The summed E-state index contributed by atoms with van der Waals surface area (Å²) in [7, 11) is -3.44. The van der Waals surface area contributed by atoms with E-state index in [-0.39, 0.29) is 15.8 Å². The van der Waals surface area contributed by atoms with Gasteiger partial charge in [0, 0.05) is 17.9 Å². The van der Waals surface area contributed by atoms with Crippen molar-refractivity contribution >= 4 is 43.8 Å². The second-order valence-electron chi connectivity index (χ2n) is 5.87. The number of anilines is 1. The molecule has 0 fully saturated rings. The topological polar surface area (TPSA) is 85.4 Å². The van der Waals surface area contributed by atoms with E-state index in [2.05, 4.69) is 10.3 Å². The van der Waals surface area contributed by atoms with Crippen molar-refractivity contribution in [3.63, 3.8) is 0 Å². The number of hydrogen-bond donors (Lipinski definition) is 1. The Labute approximate surface area is 174 Å². The molecule has 1 heterocycles. The number of thiazole rings is 1. The lowest BCUT2D eigenvalue weighted by Crippen LogP contribution is -2.25. The molecule has 0 radical (unpaired) electrons. The van der Waals surface area contributed by atoms with E-state index in [1.165, 1.54) is 36.5 Å². The van der Waals surface area contributed by atoms with E-state index in [9.17, 15) is 22.0 Å². The van der Waals surface area contributed by atoms with E-state index >= 15 is 0 Å². The standard InChI is InChI=1S/C18H13ClF2N2O4S2/c1-29(25,26)12-5-2-10(3-6-12)16(17(24)23-18-22-9-15(19)28-18)27-11-4-7-13(20)14(21)8-11/h2-9,16H,1H3,(H,22,23,24). The van der Waals surface area contributed by atoms with Crippen LogP contribution in [0.15, 0.2) is 53.6 Å². The van der Waals surface area contributed by atoms with Crippen molar-refractivity contribution in [2.75, 3.05) is 11.6 Å². The summed E-state index contributed by atoms with van der Waals surface area (Å²) in [6.45, 7) is 0. The number of ether oxygens (including phenoxy) is 1. The molecule has 1 N–H and O–H groups in total. The van der Waals surface area contributed by atoms with Crippen molar-refractivity contribution in [2.45, 2.75) is 11.0 Å². The normalized spacial score (nSPS) is 12.4. The highest BCUT2D eigenvalue weighted by Crippen LogP contribution is 2.28. The number of sulfone groups is 1. The van der Waals surface area contributed by atoms with Crippen LogP contribution in [0.1, 0.15) is 11.7 Å². The number of carbonyl (C=O) groups is 1. The Bertz CT molecular complexity index is 1150. The average Bonchev–Trinajstić information content (AvgIpc) is 3.06. The minimum atomic E-state index is -3.44. The fourth-order valence-electron chi connectivity index (χ4n) is 2.33. The summed E-state index contributed by atoms with van der Waals surface area (Å²) in [4.78, 5) is 16.7. The number of carbonyl (C=O) groups excluding carboxylic acids is 1. The zero-order valence-electron chi connectivity index (χ0n) is 14.7. The van der Waals surface area contributed by atoms with Gasteiger partial charge < -0.3 is 4.74 Å². The van der Waals surface area contributed by atoms with Crippen LogP contribution in [-0.2, 0) is 14.6 Å². The summed E-state index contributed by atoms with van der Waals surface area (Å²) >= 11 is 6.83. The highest BCUT2D eigenvalue weighted by molar-refractivity contribution is 7.90. The monoisotopic (exact) mass is 458 g/mol. The van der Waals surface area contributed by atoms with E-state index in [1.807, 2.05) is 0 Å². The quantitative estimate of drug-likeness (QED) is 0.597. The molecule has 0 aliphatic rings. The zero-order valence-corrected chi connectivity index (χ0v) is 17.1. The molecule has 0 aliphatic heterocycles. The lowest BCUT2D eigenvalue weighted by atomic mass is 10.1. The van der Waals surface area contributed by atoms with Crippen LogP contribution in [0.4, 0.5) is 13.9 Å². The van der Waals surface area contributed by atoms with Crippen LogP contribution in [0.3, 0.4) is 0 Å². The van der Waals surface area contributed by atoms with Crippen molar-refractivity contribution in [1.82, 2.24) is 4.98 Å². The third kappa shape index (κ3) is 5.28. The molecule has 0 spiro atoms. The maximum absolute atomic E-state index is 13.5. The number of rotatable bonds is 6. The van der Waals surface area contributed by atoms with Gasteiger partial charge in [-0.2, -0.15) is 0 Å². The second-order valence-corrected chi connectivity index (χ2v) is 9.55. The minimum Gasteiger partial charge on any atom is -0.476 e. The Kier molecular flexibility index (Phi) is 6.15. The number of benzene rings is 2. The van der Waals surface area contributed by atoms with Gasteiger partial charge in [-0.1, -0.05) is 35.1 Å². The molecule has 6 nitrogen and oxygen atoms in total. The van der Waals surface area contributed by atoms with Gasteiger partial charge in [0.05, 0.1) is 11.1 Å². The molecule has 3 aromatic rings. The van der Waals surface area contributed by atoms with Crippen LogP contribution in [-0.4, -0.2) is 25.6 Å². The molecule has 0 saturated heterocycles. The fourth-order valence-corrected chi connectivity index (χ4v) is 3.78. The summed E-state index contributed by atoms with van der Waals surface area (Å²) in [5.74, 6) is -2.95. The molecule has 1 unspecified atom stereocenters. The zero-order chi connectivity index (χ0) is 21.2. The lowest BCUT2D eigenvalue weighted by Gasteiger charge is -2.19. The third-order valence-electron chi connectivity index (χ3n) is 3.70. The molecular formula is C18H13ClF2N2O4S2. The number of amides is 1. The fraction of sp³-hybridized carbons (Fsp3) is 0.111. The largest absolute Gasteiger partial charge is 0.476 e. The molecule has 0 saturated carbocycles. The van der Waals surface area contributed by atoms with Crippen molar-refractivity contribution in [2.24, 2.45) is 0 Å². The van der Waals surface area contributed by atoms with E-state index in [4.69, 9.17) is 16.3 Å². The Balaban J connectivity index is 1.93. The molecule has 1 aromatic heterocycles. The van der Waals surface area contributed by atoms with Gasteiger partial charge in [-0.25, -0.2) is 22.2 Å². The minimum absolute atomic E-state index is 0.0555. The Hall–Kier alpha value is -2.56. The van der Waals surface area contributed by atoms with Gasteiger partial charge in [-0.15, -0.1) is 0 Å². The highest BCUT2D eigenvalue weighted by atomic mass is 35.5. The van der Waals surface area contributed by atoms with Crippen LogP contribution in [0.5, 0.6) is 5.75 Å².